The number of nitrogens with one attached hydrogen (secondary N) is 1. The molecule has 78 valence electrons. The molecule has 0 radical (unpaired) electrons. The third-order valence-electron chi connectivity index (χ3n) is 2.85. The van der Waals surface area contributed by atoms with Crippen LogP contribution < -0.4 is 5.32 Å². The van der Waals surface area contributed by atoms with Crippen molar-refractivity contribution < 1.29 is 0 Å². The van der Waals surface area contributed by atoms with Crippen LogP contribution in [0, 0.1) is 11.8 Å². The van der Waals surface area contributed by atoms with Crippen molar-refractivity contribution in [2.75, 3.05) is 33.2 Å². The molecule has 0 saturated carbocycles. The van der Waals surface area contributed by atoms with Crippen LogP contribution in [-0.2, 0) is 0 Å². The third-order valence-corrected chi connectivity index (χ3v) is 2.85. The standard InChI is InChI=1S/C11H24N2/c1-10-7-11(2)9-13(8-10)6-4-5-12-3/h10-12H,4-9H2,1-3H3/t10-,11+. The summed E-state index contributed by atoms with van der Waals surface area (Å²) in [7, 11) is 2.03. The molecule has 0 bridgehead atoms. The molecular weight excluding hydrogens is 160 g/mol. The van der Waals surface area contributed by atoms with Crippen molar-refractivity contribution in [3.63, 3.8) is 0 Å². The van der Waals surface area contributed by atoms with Crippen LogP contribution in [0.15, 0.2) is 0 Å². The van der Waals surface area contributed by atoms with Crippen LogP contribution in [0.4, 0.5) is 0 Å². The second-order valence-electron chi connectivity index (χ2n) is 4.66. The number of nitrogens with zero attached hydrogens (tertiary/aromatic N) is 1. The maximum atomic E-state index is 3.20. The molecule has 0 aliphatic carbocycles. The maximum absolute atomic E-state index is 3.20. The van der Waals surface area contributed by atoms with Gasteiger partial charge >= 0.3 is 0 Å². The van der Waals surface area contributed by atoms with Gasteiger partial charge in [-0.05, 0) is 44.8 Å². The van der Waals surface area contributed by atoms with E-state index >= 15 is 0 Å². The summed E-state index contributed by atoms with van der Waals surface area (Å²) in [4.78, 5) is 2.62. The molecule has 1 fully saturated rings. The van der Waals surface area contributed by atoms with E-state index < -0.39 is 0 Å². The zero-order chi connectivity index (χ0) is 9.68. The molecule has 13 heavy (non-hydrogen) atoms. The lowest BCUT2D eigenvalue weighted by molar-refractivity contribution is 0.140. The van der Waals surface area contributed by atoms with Crippen molar-refractivity contribution in [3.05, 3.63) is 0 Å². The summed E-state index contributed by atoms with van der Waals surface area (Å²) in [6, 6.07) is 0. The Morgan fingerprint density at radius 3 is 2.38 bits per heavy atom. The first-order valence-corrected chi connectivity index (χ1v) is 5.59. The fraction of sp³-hybridized carbons (Fsp3) is 1.00. The lowest BCUT2D eigenvalue weighted by atomic mass is 9.92. The molecule has 1 rings (SSSR count). The molecule has 2 atom stereocenters. The van der Waals surface area contributed by atoms with Crippen LogP contribution in [-0.4, -0.2) is 38.1 Å². The molecule has 1 N–H and O–H groups in total. The highest BCUT2D eigenvalue weighted by molar-refractivity contribution is 4.74. The molecule has 0 amide bonds. The maximum Gasteiger partial charge on any atom is 0.000725 e. The quantitative estimate of drug-likeness (QED) is 0.667. The van der Waals surface area contributed by atoms with Crippen LogP contribution in [0.1, 0.15) is 26.7 Å². The zero-order valence-corrected chi connectivity index (χ0v) is 9.34. The summed E-state index contributed by atoms with van der Waals surface area (Å²) in [5, 5.41) is 3.20. The minimum Gasteiger partial charge on any atom is -0.320 e. The summed E-state index contributed by atoms with van der Waals surface area (Å²) in [5.41, 5.74) is 0. The molecule has 1 aliphatic rings. The van der Waals surface area contributed by atoms with E-state index in [0.717, 1.165) is 18.4 Å². The van der Waals surface area contributed by atoms with E-state index in [9.17, 15) is 0 Å². The van der Waals surface area contributed by atoms with Crippen LogP contribution in [0.25, 0.3) is 0 Å². The smallest absolute Gasteiger partial charge is 0.000725 e. The predicted molar refractivity (Wildman–Crippen MR) is 57.9 cm³/mol. The number of piperidine rings is 1. The van der Waals surface area contributed by atoms with Crippen molar-refractivity contribution >= 4 is 0 Å². The minimum absolute atomic E-state index is 0.901. The van der Waals surface area contributed by atoms with E-state index in [1.165, 1.54) is 32.5 Å². The molecule has 1 heterocycles. The third kappa shape index (κ3) is 4.10. The lowest BCUT2D eigenvalue weighted by Gasteiger charge is -2.34. The van der Waals surface area contributed by atoms with Gasteiger partial charge in [0.05, 0.1) is 0 Å². The van der Waals surface area contributed by atoms with Crippen molar-refractivity contribution in [2.45, 2.75) is 26.7 Å². The molecule has 1 aliphatic heterocycles. The molecular formula is C11H24N2. The molecule has 0 aromatic carbocycles. The van der Waals surface area contributed by atoms with Crippen molar-refractivity contribution in [1.82, 2.24) is 10.2 Å². The Morgan fingerprint density at radius 1 is 1.23 bits per heavy atom. The Labute approximate surface area is 82.7 Å². The van der Waals surface area contributed by atoms with Crippen LogP contribution in [0.2, 0.25) is 0 Å². The number of likely N-dealkylation sites (tertiary alicyclic amines) is 1. The van der Waals surface area contributed by atoms with Gasteiger partial charge in [-0.3, -0.25) is 0 Å². The molecule has 2 nitrogen and oxygen atoms in total. The monoisotopic (exact) mass is 184 g/mol. The van der Waals surface area contributed by atoms with Crippen LogP contribution >= 0.6 is 0 Å². The summed E-state index contributed by atoms with van der Waals surface area (Å²) in [5.74, 6) is 1.80. The SMILES string of the molecule is CNCCCN1C[C@H](C)C[C@H](C)C1. The molecule has 0 spiro atoms. The Morgan fingerprint density at radius 2 is 1.85 bits per heavy atom. The van der Waals surface area contributed by atoms with Gasteiger partial charge in [0, 0.05) is 13.1 Å². The van der Waals surface area contributed by atoms with Gasteiger partial charge in [0.25, 0.3) is 0 Å². The molecule has 2 heteroatoms. The van der Waals surface area contributed by atoms with Gasteiger partial charge in [0.2, 0.25) is 0 Å². The first kappa shape index (κ1) is 11.0. The van der Waals surface area contributed by atoms with E-state index in [-0.39, 0.29) is 0 Å². The number of hydrogen-bond acceptors (Lipinski definition) is 2. The topological polar surface area (TPSA) is 15.3 Å². The Balaban J connectivity index is 2.17. The van der Waals surface area contributed by atoms with Gasteiger partial charge in [0.15, 0.2) is 0 Å². The lowest BCUT2D eigenvalue weighted by Crippen LogP contribution is -2.39. The molecule has 1 saturated heterocycles. The molecule has 0 aromatic rings. The summed E-state index contributed by atoms with van der Waals surface area (Å²) < 4.78 is 0. The van der Waals surface area contributed by atoms with Crippen LogP contribution in [0.3, 0.4) is 0 Å². The van der Waals surface area contributed by atoms with E-state index in [0.29, 0.717) is 0 Å². The fourth-order valence-corrected chi connectivity index (χ4v) is 2.45. The summed E-state index contributed by atoms with van der Waals surface area (Å²) >= 11 is 0. The first-order chi connectivity index (χ1) is 6.22. The Hall–Kier alpha value is -0.0800. The Bertz CT molecular complexity index is 126. The molecule has 0 aromatic heterocycles. The normalized spacial score (nSPS) is 30.7. The first-order valence-electron chi connectivity index (χ1n) is 5.59. The van der Waals surface area contributed by atoms with E-state index in [4.69, 9.17) is 0 Å². The van der Waals surface area contributed by atoms with Gasteiger partial charge in [-0.2, -0.15) is 0 Å². The Kier molecular flexibility index (Phi) is 4.74. The van der Waals surface area contributed by atoms with Gasteiger partial charge < -0.3 is 10.2 Å². The van der Waals surface area contributed by atoms with E-state index in [1.54, 1.807) is 0 Å². The zero-order valence-electron chi connectivity index (χ0n) is 9.34. The minimum atomic E-state index is 0.901. The summed E-state index contributed by atoms with van der Waals surface area (Å²) in [6.45, 7) is 9.80. The van der Waals surface area contributed by atoms with Crippen LogP contribution in [0.5, 0.6) is 0 Å². The predicted octanol–water partition coefficient (Wildman–Crippen LogP) is 1.57. The summed E-state index contributed by atoms with van der Waals surface area (Å²) in [6.07, 6.45) is 2.71. The van der Waals surface area contributed by atoms with Gasteiger partial charge in [-0.1, -0.05) is 13.8 Å². The highest BCUT2D eigenvalue weighted by atomic mass is 15.1. The van der Waals surface area contributed by atoms with Gasteiger partial charge in [-0.25, -0.2) is 0 Å². The van der Waals surface area contributed by atoms with E-state index in [2.05, 4.69) is 24.1 Å². The highest BCUT2D eigenvalue weighted by Crippen LogP contribution is 2.20. The average molecular weight is 184 g/mol. The van der Waals surface area contributed by atoms with Gasteiger partial charge in [-0.15, -0.1) is 0 Å². The second-order valence-corrected chi connectivity index (χ2v) is 4.66. The van der Waals surface area contributed by atoms with Crippen molar-refractivity contribution in [3.8, 4) is 0 Å². The molecule has 0 unspecified atom stereocenters. The fourth-order valence-electron chi connectivity index (χ4n) is 2.45. The number of rotatable bonds is 4. The van der Waals surface area contributed by atoms with Crippen molar-refractivity contribution in [2.24, 2.45) is 11.8 Å². The largest absolute Gasteiger partial charge is 0.320 e. The van der Waals surface area contributed by atoms with Gasteiger partial charge in [0.1, 0.15) is 0 Å². The average Bonchev–Trinajstić information content (AvgIpc) is 2.03. The van der Waals surface area contributed by atoms with Crippen molar-refractivity contribution in [1.29, 1.82) is 0 Å². The second kappa shape index (κ2) is 5.61. The number of hydrogen-bond donors (Lipinski definition) is 1. The highest BCUT2D eigenvalue weighted by Gasteiger charge is 2.20. The van der Waals surface area contributed by atoms with E-state index in [1.807, 2.05) is 7.05 Å².